The molecule has 1 amide bonds. The first-order valence-corrected chi connectivity index (χ1v) is 8.05. The molecule has 1 aliphatic rings. The van der Waals surface area contributed by atoms with E-state index in [9.17, 15) is 9.59 Å². The maximum Gasteiger partial charge on any atom is 0.352 e. The number of nitrogens with zero attached hydrogens (tertiary/aromatic N) is 5. The van der Waals surface area contributed by atoms with Gasteiger partial charge < -0.3 is 9.47 Å². The van der Waals surface area contributed by atoms with Crippen molar-refractivity contribution in [2.24, 2.45) is 0 Å². The standard InChI is InChI=1S/C16H19N5O2/c1-2-19-12-7-3-4-8-13(12)21-15(19)17-20(16(21)23)11-14(22)18-9-5-6-10-18/h3-4,7-8H,2,5-6,9-11H2,1H3. The zero-order chi connectivity index (χ0) is 16.0. The summed E-state index contributed by atoms with van der Waals surface area (Å²) in [6.07, 6.45) is 2.08. The van der Waals surface area contributed by atoms with Crippen molar-refractivity contribution in [3.63, 3.8) is 0 Å². The van der Waals surface area contributed by atoms with Crippen molar-refractivity contribution in [1.82, 2.24) is 23.6 Å². The molecular weight excluding hydrogens is 294 g/mol. The SMILES string of the molecule is CCn1c2ccccc2n2c(=O)n(CC(=O)N3CCCC3)nc12. The molecule has 3 heterocycles. The summed E-state index contributed by atoms with van der Waals surface area (Å²) in [6, 6.07) is 7.74. The minimum atomic E-state index is -0.254. The van der Waals surface area contributed by atoms with Crippen LogP contribution in [0, 0.1) is 0 Å². The van der Waals surface area contributed by atoms with Crippen molar-refractivity contribution in [1.29, 1.82) is 0 Å². The molecule has 0 bridgehead atoms. The Balaban J connectivity index is 1.81. The van der Waals surface area contributed by atoms with Gasteiger partial charge in [-0.05, 0) is 31.9 Å². The number of fused-ring (bicyclic) bond motifs is 3. The van der Waals surface area contributed by atoms with Crippen LogP contribution in [0.15, 0.2) is 29.1 Å². The second-order valence-electron chi connectivity index (χ2n) is 5.90. The highest BCUT2D eigenvalue weighted by atomic mass is 16.2. The molecule has 1 saturated heterocycles. The van der Waals surface area contributed by atoms with Crippen LogP contribution in [0.5, 0.6) is 0 Å². The van der Waals surface area contributed by atoms with Crippen LogP contribution >= 0.6 is 0 Å². The fourth-order valence-electron chi connectivity index (χ4n) is 3.38. The van der Waals surface area contributed by atoms with Crippen LogP contribution in [-0.4, -0.2) is 42.6 Å². The lowest BCUT2D eigenvalue weighted by Gasteiger charge is -2.14. The van der Waals surface area contributed by atoms with Gasteiger partial charge in [-0.3, -0.25) is 4.79 Å². The Morgan fingerprint density at radius 2 is 1.87 bits per heavy atom. The normalized spacial score (nSPS) is 15.1. The number of carbonyl (C=O) groups excluding carboxylic acids is 1. The Labute approximate surface area is 132 Å². The van der Waals surface area contributed by atoms with E-state index in [1.54, 1.807) is 4.40 Å². The lowest BCUT2D eigenvalue weighted by molar-refractivity contribution is -0.131. The van der Waals surface area contributed by atoms with Crippen molar-refractivity contribution >= 4 is 22.7 Å². The average Bonchev–Trinajstić information content (AvgIpc) is 3.25. The number of hydrogen-bond donors (Lipinski definition) is 0. The molecule has 0 unspecified atom stereocenters. The minimum absolute atomic E-state index is 0.0125. The van der Waals surface area contributed by atoms with Gasteiger partial charge in [0.05, 0.1) is 11.0 Å². The number of aromatic nitrogens is 4. The van der Waals surface area contributed by atoms with Gasteiger partial charge in [-0.1, -0.05) is 12.1 Å². The summed E-state index contributed by atoms with van der Waals surface area (Å²) in [6.45, 7) is 4.31. The molecule has 3 aromatic rings. The summed E-state index contributed by atoms with van der Waals surface area (Å²) in [5, 5.41) is 4.41. The number of para-hydroxylation sites is 2. The maximum atomic E-state index is 12.7. The van der Waals surface area contributed by atoms with Crippen LogP contribution < -0.4 is 5.69 Å². The van der Waals surface area contributed by atoms with Crippen molar-refractivity contribution < 1.29 is 4.79 Å². The van der Waals surface area contributed by atoms with Gasteiger partial charge in [0, 0.05) is 19.6 Å². The molecule has 2 aromatic heterocycles. The number of aryl methyl sites for hydroxylation is 1. The minimum Gasteiger partial charge on any atom is -0.341 e. The lowest BCUT2D eigenvalue weighted by atomic mass is 10.3. The van der Waals surface area contributed by atoms with Crippen LogP contribution in [-0.2, 0) is 17.9 Å². The summed E-state index contributed by atoms with van der Waals surface area (Å²) in [4.78, 5) is 26.8. The van der Waals surface area contributed by atoms with E-state index in [-0.39, 0.29) is 18.1 Å². The third-order valence-electron chi connectivity index (χ3n) is 4.54. The van der Waals surface area contributed by atoms with Crippen molar-refractivity contribution in [2.75, 3.05) is 13.1 Å². The van der Waals surface area contributed by atoms with Gasteiger partial charge in [0.2, 0.25) is 11.7 Å². The van der Waals surface area contributed by atoms with E-state index in [0.717, 1.165) is 37.0 Å². The molecule has 0 N–H and O–H groups in total. The molecule has 1 aromatic carbocycles. The van der Waals surface area contributed by atoms with Crippen LogP contribution in [0.25, 0.3) is 16.8 Å². The molecule has 120 valence electrons. The number of benzene rings is 1. The van der Waals surface area contributed by atoms with Crippen LogP contribution in [0.3, 0.4) is 0 Å². The van der Waals surface area contributed by atoms with Crippen molar-refractivity contribution in [3.05, 3.63) is 34.7 Å². The Morgan fingerprint density at radius 1 is 1.17 bits per heavy atom. The van der Waals surface area contributed by atoms with Gasteiger partial charge in [0.25, 0.3) is 0 Å². The molecule has 7 nitrogen and oxygen atoms in total. The molecule has 0 atom stereocenters. The molecule has 0 aliphatic carbocycles. The van der Waals surface area contributed by atoms with Gasteiger partial charge in [-0.25, -0.2) is 13.9 Å². The van der Waals surface area contributed by atoms with Crippen molar-refractivity contribution in [2.45, 2.75) is 32.9 Å². The Bertz CT molecular complexity index is 943. The van der Waals surface area contributed by atoms with Gasteiger partial charge in [0.1, 0.15) is 6.54 Å². The molecule has 0 spiro atoms. The number of amides is 1. The monoisotopic (exact) mass is 313 g/mol. The molecule has 1 fully saturated rings. The van der Waals surface area contributed by atoms with E-state index in [4.69, 9.17) is 0 Å². The average molecular weight is 313 g/mol. The first kappa shape index (κ1) is 14.0. The van der Waals surface area contributed by atoms with Gasteiger partial charge in [-0.15, -0.1) is 5.10 Å². The zero-order valence-electron chi connectivity index (χ0n) is 13.1. The molecule has 0 radical (unpaired) electrons. The van der Waals surface area contributed by atoms with Gasteiger partial charge in [0.15, 0.2) is 0 Å². The highest BCUT2D eigenvalue weighted by Crippen LogP contribution is 2.18. The number of likely N-dealkylation sites (tertiary alicyclic amines) is 1. The molecule has 4 rings (SSSR count). The molecular formula is C16H19N5O2. The number of rotatable bonds is 3. The predicted molar refractivity (Wildman–Crippen MR) is 86.4 cm³/mol. The Kier molecular flexibility index (Phi) is 3.21. The highest BCUT2D eigenvalue weighted by molar-refractivity contribution is 5.81. The van der Waals surface area contributed by atoms with Gasteiger partial charge in [-0.2, -0.15) is 0 Å². The number of hydrogen-bond acceptors (Lipinski definition) is 3. The predicted octanol–water partition coefficient (Wildman–Crippen LogP) is 1.09. The topological polar surface area (TPSA) is 64.5 Å². The fourth-order valence-corrected chi connectivity index (χ4v) is 3.38. The fraction of sp³-hybridized carbons (Fsp3) is 0.438. The summed E-state index contributed by atoms with van der Waals surface area (Å²) in [5.41, 5.74) is 1.55. The summed E-state index contributed by atoms with van der Waals surface area (Å²) in [5.74, 6) is 0.561. The van der Waals surface area contributed by atoms with Crippen LogP contribution in [0.2, 0.25) is 0 Å². The number of carbonyl (C=O) groups is 1. The van der Waals surface area contributed by atoms with E-state index in [0.29, 0.717) is 12.3 Å². The third kappa shape index (κ3) is 2.07. The Morgan fingerprint density at radius 3 is 2.57 bits per heavy atom. The summed E-state index contributed by atoms with van der Waals surface area (Å²) in [7, 11) is 0. The molecule has 0 saturated carbocycles. The van der Waals surface area contributed by atoms with E-state index >= 15 is 0 Å². The van der Waals surface area contributed by atoms with Gasteiger partial charge >= 0.3 is 5.69 Å². The second-order valence-corrected chi connectivity index (χ2v) is 5.90. The van der Waals surface area contributed by atoms with E-state index < -0.39 is 0 Å². The first-order chi connectivity index (χ1) is 11.2. The summed E-state index contributed by atoms with van der Waals surface area (Å²) < 4.78 is 4.87. The molecule has 1 aliphatic heterocycles. The molecule has 23 heavy (non-hydrogen) atoms. The Hall–Kier alpha value is -2.57. The van der Waals surface area contributed by atoms with Crippen LogP contribution in [0.4, 0.5) is 0 Å². The second kappa shape index (κ2) is 5.26. The number of imidazole rings is 1. The summed E-state index contributed by atoms with van der Waals surface area (Å²) >= 11 is 0. The first-order valence-electron chi connectivity index (χ1n) is 8.05. The highest BCUT2D eigenvalue weighted by Gasteiger charge is 2.22. The molecule has 7 heteroatoms. The largest absolute Gasteiger partial charge is 0.352 e. The van der Waals surface area contributed by atoms with Crippen LogP contribution in [0.1, 0.15) is 19.8 Å². The zero-order valence-corrected chi connectivity index (χ0v) is 13.1. The smallest absolute Gasteiger partial charge is 0.341 e. The maximum absolute atomic E-state index is 12.7. The third-order valence-corrected chi connectivity index (χ3v) is 4.54. The van der Waals surface area contributed by atoms with E-state index in [1.165, 1.54) is 4.68 Å². The van der Waals surface area contributed by atoms with Crippen molar-refractivity contribution in [3.8, 4) is 0 Å². The van der Waals surface area contributed by atoms with E-state index in [1.807, 2.05) is 40.7 Å². The quantitative estimate of drug-likeness (QED) is 0.727. The lowest BCUT2D eigenvalue weighted by Crippen LogP contribution is -2.34. The van der Waals surface area contributed by atoms with E-state index in [2.05, 4.69) is 5.10 Å².